The Morgan fingerprint density at radius 1 is 1.36 bits per heavy atom. The maximum absolute atomic E-state index is 11.9. The quantitative estimate of drug-likeness (QED) is 0.751. The van der Waals surface area contributed by atoms with Crippen LogP contribution in [0.5, 0.6) is 5.75 Å². The molecule has 1 amide bonds. The third-order valence-electron chi connectivity index (χ3n) is 3.76. The zero-order chi connectivity index (χ0) is 15.8. The molecule has 2 N–H and O–H groups in total. The van der Waals surface area contributed by atoms with Crippen LogP contribution in [0.3, 0.4) is 0 Å². The van der Waals surface area contributed by atoms with Crippen molar-refractivity contribution in [3.63, 3.8) is 0 Å². The first-order valence-electron chi connectivity index (χ1n) is 7.71. The molecule has 0 radical (unpaired) electrons. The molecule has 120 valence electrons. The summed E-state index contributed by atoms with van der Waals surface area (Å²) in [7, 11) is 1.56. The molecule has 0 saturated heterocycles. The van der Waals surface area contributed by atoms with Gasteiger partial charge in [0.05, 0.1) is 24.4 Å². The van der Waals surface area contributed by atoms with Gasteiger partial charge in [0.15, 0.2) is 5.75 Å². The first kappa shape index (κ1) is 16.7. The Balaban J connectivity index is 1.73. The SMILES string of the molecule is COc1c(Cl)cccc1NCC(=O)NCCC1=CCCCC1. The maximum atomic E-state index is 11.9. The van der Waals surface area contributed by atoms with Crippen LogP contribution in [0.25, 0.3) is 0 Å². The molecule has 0 atom stereocenters. The highest BCUT2D eigenvalue weighted by molar-refractivity contribution is 6.32. The van der Waals surface area contributed by atoms with Crippen molar-refractivity contribution in [1.82, 2.24) is 5.32 Å². The van der Waals surface area contributed by atoms with Crippen molar-refractivity contribution in [1.29, 1.82) is 0 Å². The lowest BCUT2D eigenvalue weighted by atomic mass is 9.97. The number of carbonyl (C=O) groups excluding carboxylic acids is 1. The van der Waals surface area contributed by atoms with Gasteiger partial charge in [-0.2, -0.15) is 0 Å². The van der Waals surface area contributed by atoms with E-state index < -0.39 is 0 Å². The van der Waals surface area contributed by atoms with E-state index in [0.717, 1.165) is 12.1 Å². The molecule has 0 aliphatic heterocycles. The molecule has 0 aromatic heterocycles. The standard InChI is InChI=1S/C17H23ClN2O2/c1-22-17-14(18)8-5-9-15(17)20-12-16(21)19-11-10-13-6-3-2-4-7-13/h5-6,8-9,20H,2-4,7,10-12H2,1H3,(H,19,21). The third kappa shape index (κ3) is 4.95. The Morgan fingerprint density at radius 2 is 2.23 bits per heavy atom. The fraction of sp³-hybridized carbons (Fsp3) is 0.471. The van der Waals surface area contributed by atoms with Gasteiger partial charge in [-0.25, -0.2) is 0 Å². The number of ether oxygens (including phenoxy) is 1. The van der Waals surface area contributed by atoms with Crippen molar-refractivity contribution >= 4 is 23.2 Å². The number of hydrogen-bond donors (Lipinski definition) is 2. The summed E-state index contributed by atoms with van der Waals surface area (Å²) in [6.45, 7) is 0.898. The van der Waals surface area contributed by atoms with Crippen LogP contribution < -0.4 is 15.4 Å². The average Bonchev–Trinajstić information content (AvgIpc) is 2.54. The van der Waals surface area contributed by atoms with Gasteiger partial charge < -0.3 is 15.4 Å². The summed E-state index contributed by atoms with van der Waals surface area (Å²) in [6.07, 6.45) is 8.18. The van der Waals surface area contributed by atoms with Gasteiger partial charge in [-0.3, -0.25) is 4.79 Å². The van der Waals surface area contributed by atoms with Gasteiger partial charge in [0.2, 0.25) is 5.91 Å². The zero-order valence-corrected chi connectivity index (χ0v) is 13.7. The van der Waals surface area contributed by atoms with E-state index in [1.807, 2.05) is 12.1 Å². The van der Waals surface area contributed by atoms with E-state index in [1.165, 1.54) is 31.3 Å². The summed E-state index contributed by atoms with van der Waals surface area (Å²) in [5, 5.41) is 6.52. The minimum atomic E-state index is -0.0292. The van der Waals surface area contributed by atoms with E-state index in [1.54, 1.807) is 13.2 Å². The Morgan fingerprint density at radius 3 is 2.95 bits per heavy atom. The number of nitrogens with one attached hydrogen (secondary N) is 2. The van der Waals surface area contributed by atoms with Crippen LogP contribution in [0.1, 0.15) is 32.1 Å². The molecule has 0 spiro atoms. The Labute approximate surface area is 136 Å². The van der Waals surface area contributed by atoms with Gasteiger partial charge >= 0.3 is 0 Å². The number of benzene rings is 1. The largest absolute Gasteiger partial charge is 0.493 e. The van der Waals surface area contributed by atoms with Crippen LogP contribution >= 0.6 is 11.6 Å². The zero-order valence-electron chi connectivity index (χ0n) is 13.0. The van der Waals surface area contributed by atoms with Gasteiger partial charge in [0.25, 0.3) is 0 Å². The minimum Gasteiger partial charge on any atom is -0.493 e. The smallest absolute Gasteiger partial charge is 0.239 e. The molecule has 1 aliphatic rings. The second-order valence-electron chi connectivity index (χ2n) is 5.38. The van der Waals surface area contributed by atoms with Crippen LogP contribution in [0.15, 0.2) is 29.8 Å². The number of rotatable bonds is 7. The topological polar surface area (TPSA) is 50.4 Å². The lowest BCUT2D eigenvalue weighted by Crippen LogP contribution is -2.30. The molecule has 0 fully saturated rings. The Hall–Kier alpha value is -1.68. The van der Waals surface area contributed by atoms with E-state index in [4.69, 9.17) is 16.3 Å². The van der Waals surface area contributed by atoms with E-state index >= 15 is 0 Å². The van der Waals surface area contributed by atoms with Gasteiger partial charge in [0.1, 0.15) is 0 Å². The molecule has 2 rings (SSSR count). The number of allylic oxidation sites excluding steroid dienone is 1. The summed E-state index contributed by atoms with van der Waals surface area (Å²) in [6, 6.07) is 5.41. The normalized spacial score (nSPS) is 14.2. The number of halogens is 1. The molecule has 22 heavy (non-hydrogen) atoms. The predicted molar refractivity (Wildman–Crippen MR) is 90.7 cm³/mol. The van der Waals surface area contributed by atoms with Gasteiger partial charge in [-0.15, -0.1) is 0 Å². The number of para-hydroxylation sites is 1. The summed E-state index contributed by atoms with van der Waals surface area (Å²) < 4.78 is 5.24. The van der Waals surface area contributed by atoms with E-state index in [-0.39, 0.29) is 12.5 Å². The van der Waals surface area contributed by atoms with Crippen molar-refractivity contribution in [2.24, 2.45) is 0 Å². The Kier molecular flexibility index (Phi) is 6.59. The number of methoxy groups -OCH3 is 1. The molecule has 1 aliphatic carbocycles. The van der Waals surface area contributed by atoms with Crippen molar-refractivity contribution in [2.45, 2.75) is 32.1 Å². The lowest BCUT2D eigenvalue weighted by Gasteiger charge is -2.14. The summed E-state index contributed by atoms with van der Waals surface area (Å²) in [4.78, 5) is 11.9. The molecule has 0 saturated carbocycles. The lowest BCUT2D eigenvalue weighted by molar-refractivity contribution is -0.119. The third-order valence-corrected chi connectivity index (χ3v) is 4.06. The second-order valence-corrected chi connectivity index (χ2v) is 5.79. The van der Waals surface area contributed by atoms with Crippen molar-refractivity contribution in [2.75, 3.05) is 25.5 Å². The van der Waals surface area contributed by atoms with Crippen LogP contribution in [0.2, 0.25) is 5.02 Å². The first-order chi connectivity index (χ1) is 10.7. The maximum Gasteiger partial charge on any atom is 0.239 e. The van der Waals surface area contributed by atoms with Crippen LogP contribution in [-0.2, 0) is 4.79 Å². The van der Waals surface area contributed by atoms with Gasteiger partial charge in [0, 0.05) is 6.54 Å². The molecule has 1 aromatic carbocycles. The van der Waals surface area contributed by atoms with E-state index in [0.29, 0.717) is 17.3 Å². The minimum absolute atomic E-state index is 0.0292. The fourth-order valence-electron chi connectivity index (χ4n) is 2.59. The van der Waals surface area contributed by atoms with Crippen LogP contribution in [0, 0.1) is 0 Å². The highest BCUT2D eigenvalue weighted by Crippen LogP contribution is 2.32. The van der Waals surface area contributed by atoms with Crippen molar-refractivity contribution in [3.05, 3.63) is 34.9 Å². The molecule has 0 heterocycles. The molecular weight excluding hydrogens is 300 g/mol. The highest BCUT2D eigenvalue weighted by atomic mass is 35.5. The molecule has 1 aromatic rings. The Bertz CT molecular complexity index is 543. The first-order valence-corrected chi connectivity index (χ1v) is 8.09. The molecule has 0 unspecified atom stereocenters. The summed E-state index contributed by atoms with van der Waals surface area (Å²) in [5.41, 5.74) is 2.19. The predicted octanol–water partition coefficient (Wildman–Crippen LogP) is 3.77. The van der Waals surface area contributed by atoms with E-state index in [2.05, 4.69) is 16.7 Å². The van der Waals surface area contributed by atoms with E-state index in [9.17, 15) is 4.79 Å². The molecule has 5 heteroatoms. The van der Waals surface area contributed by atoms with Crippen LogP contribution in [-0.4, -0.2) is 26.1 Å². The monoisotopic (exact) mass is 322 g/mol. The summed E-state index contributed by atoms with van der Waals surface area (Å²) >= 11 is 6.04. The van der Waals surface area contributed by atoms with Crippen molar-refractivity contribution < 1.29 is 9.53 Å². The van der Waals surface area contributed by atoms with Crippen molar-refractivity contribution in [3.8, 4) is 5.75 Å². The number of amides is 1. The molecule has 4 nitrogen and oxygen atoms in total. The second kappa shape index (κ2) is 8.69. The number of carbonyl (C=O) groups is 1. The average molecular weight is 323 g/mol. The van der Waals surface area contributed by atoms with Gasteiger partial charge in [-0.1, -0.05) is 29.3 Å². The fourth-order valence-corrected chi connectivity index (χ4v) is 2.84. The number of hydrogen-bond acceptors (Lipinski definition) is 3. The molecule has 0 bridgehead atoms. The molecular formula is C17H23ClN2O2. The summed E-state index contributed by atoms with van der Waals surface area (Å²) in [5.74, 6) is 0.530. The highest BCUT2D eigenvalue weighted by Gasteiger charge is 2.09. The number of anilines is 1. The van der Waals surface area contributed by atoms with Crippen LogP contribution in [0.4, 0.5) is 5.69 Å². The van der Waals surface area contributed by atoms with Gasteiger partial charge in [-0.05, 0) is 44.2 Å².